The first kappa shape index (κ1) is 26.4. The van der Waals surface area contributed by atoms with Crippen molar-refractivity contribution < 1.29 is 28.8 Å². The predicted molar refractivity (Wildman–Crippen MR) is 153 cm³/mol. The van der Waals surface area contributed by atoms with Crippen molar-refractivity contribution in [1.82, 2.24) is 8.75 Å². The van der Waals surface area contributed by atoms with Gasteiger partial charge in [-0.1, -0.05) is 6.07 Å². The van der Waals surface area contributed by atoms with Gasteiger partial charge in [-0.25, -0.2) is 0 Å². The third-order valence-corrected chi connectivity index (χ3v) is 8.41. The van der Waals surface area contributed by atoms with E-state index in [-0.39, 0.29) is 6.10 Å². The number of nitrogens with zero attached hydrogens (tertiary/aromatic N) is 2. The molecule has 1 fully saturated rings. The molecule has 0 amide bonds. The molecule has 208 valence electrons. The SMILES string of the molecule is COc1ccc(C2(O)OC=C(c3ccc4nsnc4c3)C2Cc2cc(OC)c(OC3CCCC3)c(OC)c2)cc1. The van der Waals surface area contributed by atoms with Gasteiger partial charge in [0.25, 0.3) is 0 Å². The lowest BCUT2D eigenvalue weighted by molar-refractivity contribution is -0.186. The Kier molecular flexibility index (Phi) is 7.25. The van der Waals surface area contributed by atoms with Crippen LogP contribution in [-0.4, -0.2) is 41.3 Å². The summed E-state index contributed by atoms with van der Waals surface area (Å²) in [7, 11) is 4.88. The first-order chi connectivity index (χ1) is 19.5. The van der Waals surface area contributed by atoms with Crippen LogP contribution in [0.1, 0.15) is 42.4 Å². The van der Waals surface area contributed by atoms with E-state index in [4.69, 9.17) is 23.7 Å². The molecule has 2 atom stereocenters. The number of fused-ring (bicyclic) bond motifs is 1. The lowest BCUT2D eigenvalue weighted by Crippen LogP contribution is -2.35. The fraction of sp³-hybridized carbons (Fsp3) is 0.355. The van der Waals surface area contributed by atoms with Crippen molar-refractivity contribution in [2.24, 2.45) is 5.92 Å². The lowest BCUT2D eigenvalue weighted by Gasteiger charge is -2.31. The molecule has 2 aliphatic rings. The summed E-state index contributed by atoms with van der Waals surface area (Å²) >= 11 is 1.18. The molecule has 2 heterocycles. The molecule has 9 heteroatoms. The first-order valence-electron chi connectivity index (χ1n) is 13.4. The Hall–Kier alpha value is -3.82. The average Bonchev–Trinajstić information content (AvgIpc) is 3.75. The number of rotatable bonds is 9. The maximum absolute atomic E-state index is 12.1. The maximum Gasteiger partial charge on any atom is 0.241 e. The standard InChI is InChI=1S/C31H32N2O6S/c1-35-22-11-9-21(10-12-22)31(34)25(24(18-38-31)20-8-13-26-27(17-20)33-40-32-26)14-19-15-28(36-2)30(29(16-19)37-3)39-23-6-4-5-7-23/h8-13,15-18,23,25,34H,4-7,14H2,1-3H3. The second-order valence-electron chi connectivity index (χ2n) is 10.2. The Morgan fingerprint density at radius 2 is 1.60 bits per heavy atom. The zero-order chi connectivity index (χ0) is 27.7. The van der Waals surface area contributed by atoms with Gasteiger partial charge in [0.1, 0.15) is 16.8 Å². The molecule has 4 aromatic rings. The van der Waals surface area contributed by atoms with Crippen LogP contribution < -0.4 is 18.9 Å². The van der Waals surface area contributed by atoms with E-state index in [9.17, 15) is 5.11 Å². The fourth-order valence-electron chi connectivity index (χ4n) is 5.68. The Bertz CT molecular complexity index is 1500. The van der Waals surface area contributed by atoms with Gasteiger partial charge in [0.05, 0.1) is 51.3 Å². The predicted octanol–water partition coefficient (Wildman–Crippen LogP) is 6.11. The van der Waals surface area contributed by atoms with Crippen molar-refractivity contribution in [3.63, 3.8) is 0 Å². The van der Waals surface area contributed by atoms with Crippen molar-refractivity contribution in [2.45, 2.75) is 44.0 Å². The largest absolute Gasteiger partial charge is 0.497 e. The second kappa shape index (κ2) is 11.0. The summed E-state index contributed by atoms with van der Waals surface area (Å²) in [6.07, 6.45) is 6.63. The van der Waals surface area contributed by atoms with E-state index in [1.165, 1.54) is 11.7 Å². The van der Waals surface area contributed by atoms with Crippen LogP contribution in [0.15, 0.2) is 60.9 Å². The molecule has 0 saturated heterocycles. The van der Waals surface area contributed by atoms with Crippen LogP contribution in [0, 0.1) is 5.92 Å². The highest BCUT2D eigenvalue weighted by Gasteiger charge is 2.47. The molecule has 6 rings (SSSR count). The Morgan fingerprint density at radius 1 is 0.900 bits per heavy atom. The quantitative estimate of drug-likeness (QED) is 0.262. The first-order valence-corrected chi connectivity index (χ1v) is 14.1. The zero-order valence-corrected chi connectivity index (χ0v) is 23.6. The molecule has 1 aliphatic carbocycles. The summed E-state index contributed by atoms with van der Waals surface area (Å²) in [5.74, 6) is 0.453. The van der Waals surface area contributed by atoms with Crippen molar-refractivity contribution >= 4 is 28.3 Å². The molecule has 1 aliphatic heterocycles. The van der Waals surface area contributed by atoms with Crippen LogP contribution in [0.3, 0.4) is 0 Å². The van der Waals surface area contributed by atoms with Gasteiger partial charge in [-0.15, -0.1) is 0 Å². The molecule has 0 radical (unpaired) electrons. The van der Waals surface area contributed by atoms with Gasteiger partial charge >= 0.3 is 0 Å². The van der Waals surface area contributed by atoms with Crippen LogP contribution in [0.2, 0.25) is 0 Å². The summed E-state index contributed by atoms with van der Waals surface area (Å²) in [6, 6.07) is 17.1. The molecular weight excluding hydrogens is 528 g/mol. The van der Waals surface area contributed by atoms with E-state index < -0.39 is 11.7 Å². The number of ether oxygens (including phenoxy) is 5. The van der Waals surface area contributed by atoms with Crippen LogP contribution in [0.4, 0.5) is 0 Å². The van der Waals surface area contributed by atoms with E-state index in [2.05, 4.69) is 8.75 Å². The summed E-state index contributed by atoms with van der Waals surface area (Å²) in [5, 5.41) is 12.1. The summed E-state index contributed by atoms with van der Waals surface area (Å²) < 4.78 is 38.1. The third kappa shape index (κ3) is 4.84. The maximum atomic E-state index is 12.1. The molecule has 40 heavy (non-hydrogen) atoms. The topological polar surface area (TPSA) is 92.2 Å². The molecule has 1 N–H and O–H groups in total. The Balaban J connectivity index is 1.39. The normalized spacial score (nSPS) is 20.8. The summed E-state index contributed by atoms with van der Waals surface area (Å²) in [5.41, 5.74) is 4.95. The van der Waals surface area contributed by atoms with Gasteiger partial charge in [0.15, 0.2) is 11.5 Å². The second-order valence-corrected chi connectivity index (χ2v) is 10.7. The summed E-state index contributed by atoms with van der Waals surface area (Å²) in [6.45, 7) is 0. The Labute approximate surface area is 237 Å². The van der Waals surface area contributed by atoms with Crippen molar-refractivity contribution in [2.75, 3.05) is 21.3 Å². The fourth-order valence-corrected chi connectivity index (χ4v) is 6.20. The highest BCUT2D eigenvalue weighted by molar-refractivity contribution is 7.00. The van der Waals surface area contributed by atoms with Gasteiger partial charge in [-0.05, 0) is 91.8 Å². The molecule has 3 aromatic carbocycles. The molecule has 0 bridgehead atoms. The molecule has 1 aromatic heterocycles. The van der Waals surface area contributed by atoms with Gasteiger partial charge in [0.2, 0.25) is 11.5 Å². The Morgan fingerprint density at radius 3 is 2.27 bits per heavy atom. The molecule has 8 nitrogen and oxygen atoms in total. The van der Waals surface area contributed by atoms with Crippen LogP contribution in [0.25, 0.3) is 16.6 Å². The number of benzene rings is 3. The minimum Gasteiger partial charge on any atom is -0.497 e. The van der Waals surface area contributed by atoms with Gasteiger partial charge in [0, 0.05) is 11.1 Å². The highest BCUT2D eigenvalue weighted by Crippen LogP contribution is 2.49. The van der Waals surface area contributed by atoms with Gasteiger partial charge in [-0.3, -0.25) is 0 Å². The molecule has 2 unspecified atom stereocenters. The number of hydrogen-bond donors (Lipinski definition) is 1. The summed E-state index contributed by atoms with van der Waals surface area (Å²) in [4.78, 5) is 0. The molecule has 1 saturated carbocycles. The van der Waals surface area contributed by atoms with E-state index in [0.717, 1.165) is 53.4 Å². The van der Waals surface area contributed by atoms with E-state index in [1.807, 2.05) is 54.6 Å². The minimum absolute atomic E-state index is 0.154. The smallest absolute Gasteiger partial charge is 0.241 e. The molecular formula is C31H32N2O6S. The zero-order valence-electron chi connectivity index (χ0n) is 22.8. The number of aliphatic hydroxyl groups is 1. The third-order valence-electron chi connectivity index (χ3n) is 7.85. The molecule has 0 spiro atoms. The minimum atomic E-state index is -1.61. The van der Waals surface area contributed by atoms with Crippen molar-refractivity contribution in [3.05, 3.63) is 77.5 Å². The van der Waals surface area contributed by atoms with E-state index in [1.54, 1.807) is 27.6 Å². The van der Waals surface area contributed by atoms with Crippen LogP contribution in [0.5, 0.6) is 23.0 Å². The lowest BCUT2D eigenvalue weighted by atomic mass is 9.80. The van der Waals surface area contributed by atoms with Crippen LogP contribution in [-0.2, 0) is 16.9 Å². The number of methoxy groups -OCH3 is 3. The van der Waals surface area contributed by atoms with Gasteiger partial charge < -0.3 is 28.8 Å². The van der Waals surface area contributed by atoms with E-state index >= 15 is 0 Å². The number of aromatic nitrogens is 2. The average molecular weight is 561 g/mol. The van der Waals surface area contributed by atoms with Crippen LogP contribution >= 0.6 is 11.7 Å². The highest BCUT2D eigenvalue weighted by atomic mass is 32.1. The van der Waals surface area contributed by atoms with Crippen molar-refractivity contribution in [1.29, 1.82) is 0 Å². The number of hydrogen-bond acceptors (Lipinski definition) is 9. The van der Waals surface area contributed by atoms with Gasteiger partial charge in [-0.2, -0.15) is 8.75 Å². The van der Waals surface area contributed by atoms with Crippen molar-refractivity contribution in [3.8, 4) is 23.0 Å². The van der Waals surface area contributed by atoms with E-state index in [0.29, 0.717) is 35.0 Å². The monoisotopic (exact) mass is 560 g/mol.